The van der Waals surface area contributed by atoms with Gasteiger partial charge < -0.3 is 0 Å². The Morgan fingerprint density at radius 1 is 1.00 bits per heavy atom. The molecule has 1 fully saturated rings. The summed E-state index contributed by atoms with van der Waals surface area (Å²) < 4.78 is 30.9. The highest BCUT2D eigenvalue weighted by atomic mass is 32.2. The van der Waals surface area contributed by atoms with Crippen LogP contribution in [0.2, 0.25) is 0 Å². The lowest BCUT2D eigenvalue weighted by Gasteiger charge is -2.31. The number of para-hydroxylation sites is 1. The highest BCUT2D eigenvalue weighted by molar-refractivity contribution is 7.89. The number of aryl methyl sites for hydroxylation is 3. The average molecular weight is 427 g/mol. The molecule has 0 unspecified atom stereocenters. The number of aromatic nitrogens is 3. The van der Waals surface area contributed by atoms with E-state index in [1.165, 1.54) is 4.68 Å². The third kappa shape index (κ3) is 3.61. The molecule has 1 aliphatic rings. The summed E-state index contributed by atoms with van der Waals surface area (Å²) in [6.07, 6.45) is 1.24. The quantitative estimate of drug-likeness (QED) is 0.643. The third-order valence-electron chi connectivity index (χ3n) is 5.73. The van der Waals surface area contributed by atoms with Crippen molar-refractivity contribution in [3.63, 3.8) is 0 Å². The van der Waals surface area contributed by atoms with Crippen LogP contribution < -0.4 is 5.69 Å². The zero-order valence-electron chi connectivity index (χ0n) is 17.4. The first-order valence-electron chi connectivity index (χ1n) is 10.1. The van der Waals surface area contributed by atoms with Gasteiger partial charge in [0.05, 0.1) is 10.6 Å². The van der Waals surface area contributed by atoms with Crippen molar-refractivity contribution in [1.82, 2.24) is 18.7 Å². The van der Waals surface area contributed by atoms with Crippen LogP contribution in [-0.4, -0.2) is 40.2 Å². The van der Waals surface area contributed by atoms with Gasteiger partial charge in [-0.3, -0.25) is 0 Å². The second-order valence-corrected chi connectivity index (χ2v) is 9.79. The van der Waals surface area contributed by atoms with Gasteiger partial charge in [-0.2, -0.15) is 9.40 Å². The average Bonchev–Trinajstić information content (AvgIpc) is 3.03. The SMILES string of the molecule is Cc1ccc(S(=O)(=O)N2CCC(c3nn(C)c(=O)n3-c3ccccc3)CC2)c(C)c1. The molecule has 8 heteroatoms. The number of piperidine rings is 1. The number of benzene rings is 2. The maximum Gasteiger partial charge on any atom is 0.350 e. The molecule has 1 aromatic heterocycles. The summed E-state index contributed by atoms with van der Waals surface area (Å²) in [4.78, 5) is 13.0. The van der Waals surface area contributed by atoms with Crippen LogP contribution in [0, 0.1) is 13.8 Å². The molecule has 0 spiro atoms. The zero-order chi connectivity index (χ0) is 21.5. The van der Waals surface area contributed by atoms with Crippen LogP contribution in [0.1, 0.15) is 35.7 Å². The molecule has 7 nitrogen and oxygen atoms in total. The summed E-state index contributed by atoms with van der Waals surface area (Å²) in [5.41, 5.74) is 2.39. The Labute approximate surface area is 176 Å². The molecule has 2 aromatic carbocycles. The number of nitrogens with zero attached hydrogens (tertiary/aromatic N) is 4. The predicted octanol–water partition coefficient (Wildman–Crippen LogP) is 2.76. The molecule has 30 heavy (non-hydrogen) atoms. The summed E-state index contributed by atoms with van der Waals surface area (Å²) in [6.45, 7) is 4.59. The van der Waals surface area contributed by atoms with Crippen molar-refractivity contribution in [2.24, 2.45) is 7.05 Å². The first-order valence-corrected chi connectivity index (χ1v) is 11.5. The highest BCUT2D eigenvalue weighted by Crippen LogP contribution is 2.31. The Bertz CT molecular complexity index is 1220. The van der Waals surface area contributed by atoms with Crippen LogP contribution in [0.25, 0.3) is 5.69 Å². The Hall–Kier alpha value is -2.71. The van der Waals surface area contributed by atoms with Crippen LogP contribution in [-0.2, 0) is 17.1 Å². The summed E-state index contributed by atoms with van der Waals surface area (Å²) in [6, 6.07) is 14.9. The van der Waals surface area contributed by atoms with Gasteiger partial charge in [0.2, 0.25) is 10.0 Å². The summed E-state index contributed by atoms with van der Waals surface area (Å²) in [5.74, 6) is 0.710. The maximum atomic E-state index is 13.2. The standard InChI is InChI=1S/C22H26N4O3S/c1-16-9-10-20(17(2)15-16)30(28,29)25-13-11-18(12-14-25)21-23-24(3)22(27)26(21)19-7-5-4-6-8-19/h4-10,15,18H,11-14H2,1-3H3. The zero-order valence-corrected chi connectivity index (χ0v) is 18.3. The molecule has 3 aromatic rings. The van der Waals surface area contributed by atoms with Crippen molar-refractivity contribution < 1.29 is 8.42 Å². The number of rotatable bonds is 4. The third-order valence-corrected chi connectivity index (χ3v) is 7.79. The van der Waals surface area contributed by atoms with E-state index in [1.807, 2.05) is 56.3 Å². The monoisotopic (exact) mass is 426 g/mol. The van der Waals surface area contributed by atoms with Crippen LogP contribution in [0.15, 0.2) is 58.2 Å². The fourth-order valence-electron chi connectivity index (χ4n) is 4.15. The predicted molar refractivity (Wildman–Crippen MR) is 115 cm³/mol. The molecule has 0 bridgehead atoms. The molecule has 0 N–H and O–H groups in total. The van der Waals surface area contributed by atoms with Gasteiger partial charge in [0.25, 0.3) is 0 Å². The molecule has 1 aliphatic heterocycles. The molecule has 0 aliphatic carbocycles. The van der Waals surface area contributed by atoms with E-state index in [0.717, 1.165) is 16.8 Å². The second-order valence-electron chi connectivity index (χ2n) is 7.88. The van der Waals surface area contributed by atoms with E-state index in [0.29, 0.717) is 36.7 Å². The van der Waals surface area contributed by atoms with Crippen molar-refractivity contribution in [3.05, 3.63) is 76.0 Å². The molecule has 0 amide bonds. The summed E-state index contributed by atoms with van der Waals surface area (Å²) in [7, 11) is -1.90. The second kappa shape index (κ2) is 7.85. The Balaban J connectivity index is 1.59. The Morgan fingerprint density at radius 2 is 1.67 bits per heavy atom. The van der Waals surface area contributed by atoms with Crippen molar-refractivity contribution in [1.29, 1.82) is 0 Å². The molecule has 4 rings (SSSR count). The first kappa shape index (κ1) is 20.6. The van der Waals surface area contributed by atoms with E-state index in [4.69, 9.17) is 0 Å². The van der Waals surface area contributed by atoms with Crippen molar-refractivity contribution in [2.75, 3.05) is 13.1 Å². The normalized spacial score (nSPS) is 16.1. The van der Waals surface area contributed by atoms with Crippen molar-refractivity contribution in [3.8, 4) is 5.69 Å². The lowest BCUT2D eigenvalue weighted by atomic mass is 9.97. The van der Waals surface area contributed by atoms with E-state index < -0.39 is 10.0 Å². The summed E-state index contributed by atoms with van der Waals surface area (Å²) >= 11 is 0. The molecular weight excluding hydrogens is 400 g/mol. The van der Waals surface area contributed by atoms with E-state index in [-0.39, 0.29) is 11.6 Å². The number of sulfonamides is 1. The smallest absolute Gasteiger partial charge is 0.247 e. The molecule has 158 valence electrons. The lowest BCUT2D eigenvalue weighted by molar-refractivity contribution is 0.311. The van der Waals surface area contributed by atoms with Gasteiger partial charge in [0.1, 0.15) is 5.82 Å². The van der Waals surface area contributed by atoms with E-state index in [2.05, 4.69) is 5.10 Å². The topological polar surface area (TPSA) is 77.2 Å². The van der Waals surface area contributed by atoms with Crippen LogP contribution >= 0.6 is 0 Å². The number of hydrogen-bond donors (Lipinski definition) is 0. The fourth-order valence-corrected chi connectivity index (χ4v) is 5.83. The first-order chi connectivity index (χ1) is 14.3. The van der Waals surface area contributed by atoms with Gasteiger partial charge in [-0.1, -0.05) is 35.9 Å². The summed E-state index contributed by atoms with van der Waals surface area (Å²) in [5, 5.41) is 4.48. The van der Waals surface area contributed by atoms with Crippen LogP contribution in [0.5, 0.6) is 0 Å². The minimum Gasteiger partial charge on any atom is -0.247 e. The maximum absolute atomic E-state index is 13.2. The Morgan fingerprint density at radius 3 is 2.30 bits per heavy atom. The minimum absolute atomic E-state index is 0.0182. The van der Waals surface area contributed by atoms with E-state index in [9.17, 15) is 13.2 Å². The highest BCUT2D eigenvalue weighted by Gasteiger charge is 2.33. The molecule has 1 saturated heterocycles. The largest absolute Gasteiger partial charge is 0.350 e. The Kier molecular flexibility index (Phi) is 5.38. The van der Waals surface area contributed by atoms with Gasteiger partial charge in [-0.15, -0.1) is 0 Å². The minimum atomic E-state index is -3.54. The van der Waals surface area contributed by atoms with Crippen molar-refractivity contribution >= 4 is 10.0 Å². The molecule has 0 radical (unpaired) electrons. The fraction of sp³-hybridized carbons (Fsp3) is 0.364. The number of hydrogen-bond acceptors (Lipinski definition) is 4. The van der Waals surface area contributed by atoms with E-state index in [1.54, 1.807) is 22.0 Å². The molecule has 0 atom stereocenters. The van der Waals surface area contributed by atoms with E-state index >= 15 is 0 Å². The van der Waals surface area contributed by atoms with Gasteiger partial charge >= 0.3 is 5.69 Å². The van der Waals surface area contributed by atoms with Crippen molar-refractivity contribution in [2.45, 2.75) is 37.5 Å². The van der Waals surface area contributed by atoms with Crippen LogP contribution in [0.3, 0.4) is 0 Å². The molecular formula is C22H26N4O3S. The lowest BCUT2D eigenvalue weighted by Crippen LogP contribution is -2.38. The van der Waals surface area contributed by atoms with Gasteiger partial charge in [-0.05, 0) is 50.5 Å². The van der Waals surface area contributed by atoms with Gasteiger partial charge in [0, 0.05) is 26.1 Å². The van der Waals surface area contributed by atoms with Gasteiger partial charge in [0.15, 0.2) is 0 Å². The molecule has 0 saturated carbocycles. The molecule has 2 heterocycles. The van der Waals surface area contributed by atoms with Crippen LogP contribution in [0.4, 0.5) is 0 Å². The van der Waals surface area contributed by atoms with Gasteiger partial charge in [-0.25, -0.2) is 22.5 Å².